The zero-order valence-corrected chi connectivity index (χ0v) is 12.2. The zero-order valence-electron chi connectivity index (χ0n) is 11.4. The quantitative estimate of drug-likeness (QED) is 0.815. The topological polar surface area (TPSA) is 94.3 Å². The van der Waals surface area contributed by atoms with Crippen LogP contribution in [0.3, 0.4) is 0 Å². The number of esters is 1. The van der Waals surface area contributed by atoms with Gasteiger partial charge in [0.2, 0.25) is 5.91 Å². The highest BCUT2D eigenvalue weighted by Gasteiger charge is 2.17. The van der Waals surface area contributed by atoms with E-state index in [9.17, 15) is 9.59 Å². The Bertz CT molecular complexity index is 627. The van der Waals surface area contributed by atoms with E-state index in [0.717, 1.165) is 16.9 Å². The van der Waals surface area contributed by atoms with Crippen molar-refractivity contribution in [3.05, 3.63) is 47.0 Å². The van der Waals surface area contributed by atoms with Crippen LogP contribution in [-0.2, 0) is 16.0 Å². The van der Waals surface area contributed by atoms with E-state index in [1.165, 1.54) is 13.3 Å². The molecule has 3 N–H and O–H groups in total. The predicted octanol–water partition coefficient (Wildman–Crippen LogP) is 1.44. The Morgan fingerprint density at radius 1 is 1.38 bits per heavy atom. The smallest absolute Gasteiger partial charge is 0.349 e. The summed E-state index contributed by atoms with van der Waals surface area (Å²) in [6, 6.07) is 8.82. The molecular formula is C14H15N3O3S. The van der Waals surface area contributed by atoms with E-state index in [1.807, 2.05) is 30.3 Å². The molecule has 1 amide bonds. The third-order valence-corrected chi connectivity index (χ3v) is 3.65. The van der Waals surface area contributed by atoms with Gasteiger partial charge in [0.15, 0.2) is 5.13 Å². The third-order valence-electron chi connectivity index (χ3n) is 2.76. The normalized spacial score (nSPS) is 11.7. The van der Waals surface area contributed by atoms with Gasteiger partial charge in [-0.25, -0.2) is 9.78 Å². The van der Waals surface area contributed by atoms with Gasteiger partial charge in [0, 0.05) is 0 Å². The first-order valence-corrected chi connectivity index (χ1v) is 7.06. The number of carbonyl (C=O) groups is 2. The van der Waals surface area contributed by atoms with E-state index in [-0.39, 0.29) is 5.91 Å². The first kappa shape index (κ1) is 15.1. The van der Waals surface area contributed by atoms with Crippen LogP contribution in [-0.4, -0.2) is 30.0 Å². The molecule has 110 valence electrons. The lowest BCUT2D eigenvalue weighted by atomic mass is 10.1. The molecule has 1 atom stereocenters. The first-order chi connectivity index (χ1) is 10.1. The van der Waals surface area contributed by atoms with Crippen molar-refractivity contribution < 1.29 is 14.3 Å². The SMILES string of the molecule is COC(=O)c1cnc(NC(=O)[C@@H](N)Cc2ccccc2)s1. The van der Waals surface area contributed by atoms with Gasteiger partial charge in [-0.3, -0.25) is 4.79 Å². The number of anilines is 1. The predicted molar refractivity (Wildman–Crippen MR) is 80.2 cm³/mol. The van der Waals surface area contributed by atoms with Gasteiger partial charge in [-0.2, -0.15) is 0 Å². The van der Waals surface area contributed by atoms with Crippen molar-refractivity contribution in [2.45, 2.75) is 12.5 Å². The molecule has 0 spiro atoms. The van der Waals surface area contributed by atoms with Gasteiger partial charge in [-0.05, 0) is 12.0 Å². The van der Waals surface area contributed by atoms with Crippen LogP contribution in [0, 0.1) is 0 Å². The van der Waals surface area contributed by atoms with Gasteiger partial charge >= 0.3 is 5.97 Å². The number of amides is 1. The van der Waals surface area contributed by atoms with Crippen LogP contribution in [0.15, 0.2) is 36.5 Å². The highest BCUT2D eigenvalue weighted by Crippen LogP contribution is 2.19. The van der Waals surface area contributed by atoms with E-state index in [2.05, 4.69) is 15.0 Å². The second-order valence-electron chi connectivity index (χ2n) is 4.31. The van der Waals surface area contributed by atoms with E-state index in [1.54, 1.807) is 0 Å². The first-order valence-electron chi connectivity index (χ1n) is 6.24. The highest BCUT2D eigenvalue weighted by atomic mass is 32.1. The summed E-state index contributed by atoms with van der Waals surface area (Å²) >= 11 is 1.04. The Kier molecular flexibility index (Phi) is 5.02. The van der Waals surface area contributed by atoms with Gasteiger partial charge < -0.3 is 15.8 Å². The van der Waals surface area contributed by atoms with Crippen molar-refractivity contribution in [3.8, 4) is 0 Å². The molecule has 7 heteroatoms. The van der Waals surface area contributed by atoms with Gasteiger partial charge in [0.25, 0.3) is 0 Å². The van der Waals surface area contributed by atoms with Crippen LogP contribution in [0.25, 0.3) is 0 Å². The van der Waals surface area contributed by atoms with Gasteiger partial charge in [0.1, 0.15) is 4.88 Å². The minimum atomic E-state index is -0.683. The average Bonchev–Trinajstić information content (AvgIpc) is 2.96. The molecule has 2 aromatic rings. The van der Waals surface area contributed by atoms with Gasteiger partial charge in [-0.15, -0.1) is 0 Å². The zero-order chi connectivity index (χ0) is 15.2. The van der Waals surface area contributed by atoms with Crippen LogP contribution in [0.1, 0.15) is 15.2 Å². The van der Waals surface area contributed by atoms with E-state index < -0.39 is 12.0 Å². The summed E-state index contributed by atoms with van der Waals surface area (Å²) in [5.74, 6) is -0.828. The number of nitrogens with two attached hydrogens (primary N) is 1. The minimum absolute atomic E-state index is 0.323. The molecule has 0 bridgehead atoms. The minimum Gasteiger partial charge on any atom is -0.465 e. The maximum Gasteiger partial charge on any atom is 0.349 e. The number of aromatic nitrogens is 1. The number of hydrogen-bond donors (Lipinski definition) is 2. The Hall–Kier alpha value is -2.25. The van der Waals surface area contributed by atoms with Crippen molar-refractivity contribution in [2.24, 2.45) is 5.73 Å². The largest absolute Gasteiger partial charge is 0.465 e. The Labute approximate surface area is 125 Å². The number of nitrogens with one attached hydrogen (secondary N) is 1. The summed E-state index contributed by atoms with van der Waals surface area (Å²) < 4.78 is 4.58. The number of thiazole rings is 1. The Balaban J connectivity index is 1.94. The number of carbonyl (C=O) groups excluding carboxylic acids is 2. The molecule has 0 aliphatic heterocycles. The van der Waals surface area contributed by atoms with E-state index in [0.29, 0.717) is 16.4 Å². The van der Waals surface area contributed by atoms with Crippen molar-refractivity contribution in [3.63, 3.8) is 0 Å². The summed E-state index contributed by atoms with van der Waals surface area (Å²) in [5.41, 5.74) is 6.84. The summed E-state index contributed by atoms with van der Waals surface area (Å²) in [6.45, 7) is 0. The molecule has 2 rings (SSSR count). The maximum absolute atomic E-state index is 12.0. The van der Waals surface area contributed by atoms with Crippen molar-refractivity contribution in [2.75, 3.05) is 12.4 Å². The van der Waals surface area contributed by atoms with Crippen LogP contribution < -0.4 is 11.1 Å². The van der Waals surface area contributed by atoms with Gasteiger partial charge in [-0.1, -0.05) is 41.7 Å². The fourth-order valence-electron chi connectivity index (χ4n) is 1.69. The number of methoxy groups -OCH3 is 1. The summed E-state index contributed by atoms with van der Waals surface area (Å²) in [5, 5.41) is 2.92. The Morgan fingerprint density at radius 3 is 2.76 bits per heavy atom. The number of nitrogens with zero attached hydrogens (tertiary/aromatic N) is 1. The molecule has 0 fully saturated rings. The Morgan fingerprint density at radius 2 is 2.10 bits per heavy atom. The highest BCUT2D eigenvalue weighted by molar-refractivity contribution is 7.17. The van der Waals surface area contributed by atoms with Crippen molar-refractivity contribution in [1.82, 2.24) is 4.98 Å². The molecule has 6 nitrogen and oxygen atoms in total. The molecule has 0 unspecified atom stereocenters. The van der Waals surface area contributed by atoms with Crippen LogP contribution in [0.5, 0.6) is 0 Å². The molecule has 1 aromatic carbocycles. The van der Waals surface area contributed by atoms with E-state index in [4.69, 9.17) is 5.73 Å². The second-order valence-corrected chi connectivity index (χ2v) is 5.34. The molecule has 1 aromatic heterocycles. The lowest BCUT2D eigenvalue weighted by molar-refractivity contribution is -0.117. The third kappa shape index (κ3) is 4.11. The molecule has 0 saturated carbocycles. The molecule has 0 aliphatic rings. The molecule has 0 radical (unpaired) electrons. The molecule has 1 heterocycles. The molecular weight excluding hydrogens is 290 g/mol. The summed E-state index contributed by atoms with van der Waals surface area (Å²) in [6.07, 6.45) is 1.79. The fraction of sp³-hybridized carbons (Fsp3) is 0.214. The van der Waals surface area contributed by atoms with Crippen LogP contribution in [0.2, 0.25) is 0 Å². The van der Waals surface area contributed by atoms with Gasteiger partial charge in [0.05, 0.1) is 19.3 Å². The number of ether oxygens (including phenoxy) is 1. The lowest BCUT2D eigenvalue weighted by Crippen LogP contribution is -2.37. The lowest BCUT2D eigenvalue weighted by Gasteiger charge is -2.10. The summed E-state index contributed by atoms with van der Waals surface area (Å²) in [4.78, 5) is 27.5. The fourth-order valence-corrected chi connectivity index (χ4v) is 2.42. The number of hydrogen-bond acceptors (Lipinski definition) is 6. The molecule has 0 aliphatic carbocycles. The van der Waals surface area contributed by atoms with Crippen LogP contribution >= 0.6 is 11.3 Å². The van der Waals surface area contributed by atoms with Crippen LogP contribution in [0.4, 0.5) is 5.13 Å². The monoisotopic (exact) mass is 305 g/mol. The second kappa shape index (κ2) is 6.96. The molecule has 21 heavy (non-hydrogen) atoms. The maximum atomic E-state index is 12.0. The van der Waals surface area contributed by atoms with Crippen molar-refractivity contribution in [1.29, 1.82) is 0 Å². The van der Waals surface area contributed by atoms with Crippen molar-refractivity contribution >= 4 is 28.3 Å². The average molecular weight is 305 g/mol. The molecule has 0 saturated heterocycles. The summed E-state index contributed by atoms with van der Waals surface area (Å²) in [7, 11) is 1.29. The standard InChI is InChI=1S/C14H15N3O3S/c1-20-13(19)11-8-16-14(21-11)17-12(18)10(15)7-9-5-3-2-4-6-9/h2-6,8,10H,7,15H2,1H3,(H,16,17,18)/t10-/m0/s1. The van der Waals surface area contributed by atoms with E-state index >= 15 is 0 Å². The number of rotatable bonds is 5. The number of benzene rings is 1.